The Morgan fingerprint density at radius 3 is 2.50 bits per heavy atom. The maximum Gasteiger partial charge on any atom is 0.260 e. The Balaban J connectivity index is 1.95. The summed E-state index contributed by atoms with van der Waals surface area (Å²) in [5.74, 6) is 1.39. The quantitative estimate of drug-likeness (QED) is 0.760. The second-order valence-corrected chi connectivity index (χ2v) is 5.89. The van der Waals surface area contributed by atoms with E-state index in [1.807, 2.05) is 44.2 Å². The predicted molar refractivity (Wildman–Crippen MR) is 101 cm³/mol. The Morgan fingerprint density at radius 1 is 1.04 bits per heavy atom. The van der Waals surface area contributed by atoms with Crippen LogP contribution in [0.25, 0.3) is 5.69 Å². The topological polar surface area (TPSA) is 65.4 Å². The van der Waals surface area contributed by atoms with Gasteiger partial charge in [-0.05, 0) is 37.6 Å². The van der Waals surface area contributed by atoms with E-state index >= 15 is 0 Å². The molecule has 0 spiro atoms. The summed E-state index contributed by atoms with van der Waals surface area (Å²) >= 11 is 0. The molecule has 3 aromatic rings. The fourth-order valence-corrected chi connectivity index (χ4v) is 2.74. The molecule has 1 aromatic heterocycles. The number of carbonyl (C=O) groups is 1. The van der Waals surface area contributed by atoms with Crippen LogP contribution in [0.15, 0.2) is 48.5 Å². The van der Waals surface area contributed by atoms with Crippen LogP contribution in [0.1, 0.15) is 21.6 Å². The lowest BCUT2D eigenvalue weighted by atomic mass is 10.1. The van der Waals surface area contributed by atoms with Crippen molar-refractivity contribution in [2.45, 2.75) is 13.8 Å². The van der Waals surface area contributed by atoms with Crippen LogP contribution in [-0.2, 0) is 0 Å². The summed E-state index contributed by atoms with van der Waals surface area (Å²) in [6.45, 7) is 3.89. The average Bonchev–Trinajstić information content (AvgIpc) is 3.01. The van der Waals surface area contributed by atoms with Crippen molar-refractivity contribution in [1.82, 2.24) is 9.78 Å². The molecule has 1 amide bonds. The van der Waals surface area contributed by atoms with Gasteiger partial charge >= 0.3 is 0 Å². The summed E-state index contributed by atoms with van der Waals surface area (Å²) in [5, 5.41) is 7.44. The van der Waals surface area contributed by atoms with Crippen LogP contribution in [0, 0.1) is 13.8 Å². The summed E-state index contributed by atoms with van der Waals surface area (Å²) in [6, 6.07) is 14.8. The third kappa shape index (κ3) is 3.39. The number of methoxy groups -OCH3 is 2. The largest absolute Gasteiger partial charge is 0.497 e. The molecule has 0 aliphatic carbocycles. The molecule has 6 heteroatoms. The second-order valence-electron chi connectivity index (χ2n) is 5.89. The van der Waals surface area contributed by atoms with Crippen LogP contribution in [-0.4, -0.2) is 29.9 Å². The minimum atomic E-state index is -0.278. The number of amides is 1. The van der Waals surface area contributed by atoms with Crippen LogP contribution < -0.4 is 14.8 Å². The van der Waals surface area contributed by atoms with Crippen LogP contribution in [0.5, 0.6) is 11.5 Å². The lowest BCUT2D eigenvalue weighted by Crippen LogP contribution is -2.16. The van der Waals surface area contributed by atoms with Crippen molar-refractivity contribution >= 4 is 11.7 Å². The number of anilines is 1. The van der Waals surface area contributed by atoms with E-state index < -0.39 is 0 Å². The number of carbonyl (C=O) groups excluding carboxylic acids is 1. The van der Waals surface area contributed by atoms with Gasteiger partial charge in [0.1, 0.15) is 17.3 Å². The smallest absolute Gasteiger partial charge is 0.260 e. The first kappa shape index (κ1) is 17.5. The van der Waals surface area contributed by atoms with Gasteiger partial charge in [0.05, 0.1) is 31.2 Å². The van der Waals surface area contributed by atoms with E-state index in [1.54, 1.807) is 30.0 Å². The minimum absolute atomic E-state index is 0.278. The predicted octanol–water partition coefficient (Wildman–Crippen LogP) is 3.76. The first-order valence-corrected chi connectivity index (χ1v) is 8.19. The molecule has 2 aromatic carbocycles. The highest BCUT2D eigenvalue weighted by Gasteiger charge is 2.17. The first-order chi connectivity index (χ1) is 12.5. The molecular weight excluding hydrogens is 330 g/mol. The molecule has 0 atom stereocenters. The maximum atomic E-state index is 12.8. The summed E-state index contributed by atoms with van der Waals surface area (Å²) in [5.41, 5.74) is 3.21. The van der Waals surface area contributed by atoms with Crippen molar-refractivity contribution in [3.63, 3.8) is 0 Å². The third-order valence-electron chi connectivity index (χ3n) is 4.07. The zero-order chi connectivity index (χ0) is 18.7. The number of aromatic nitrogens is 2. The molecule has 0 aliphatic heterocycles. The lowest BCUT2D eigenvalue weighted by Gasteiger charge is -2.13. The normalized spacial score (nSPS) is 10.5. The molecule has 1 heterocycles. The van der Waals surface area contributed by atoms with Crippen LogP contribution in [0.2, 0.25) is 0 Å². The van der Waals surface area contributed by atoms with E-state index in [0.717, 1.165) is 16.9 Å². The lowest BCUT2D eigenvalue weighted by molar-refractivity contribution is 0.102. The molecule has 0 saturated carbocycles. The molecule has 0 radical (unpaired) electrons. The summed E-state index contributed by atoms with van der Waals surface area (Å²) in [4.78, 5) is 12.8. The highest BCUT2D eigenvalue weighted by molar-refractivity contribution is 6.06. The molecule has 6 nitrogen and oxygen atoms in total. The van der Waals surface area contributed by atoms with Gasteiger partial charge in [0.2, 0.25) is 0 Å². The van der Waals surface area contributed by atoms with Gasteiger partial charge in [-0.25, -0.2) is 4.68 Å². The number of aryl methyl sites for hydroxylation is 2. The zero-order valence-electron chi connectivity index (χ0n) is 15.2. The standard InChI is InChI=1S/C20H21N3O3/c1-13-7-5-6-8-17(13)23-19(11-14(2)22-23)21-20(24)16-10-9-15(25-3)12-18(16)26-4/h5-12H,1-4H3,(H,21,24). The number of para-hydroxylation sites is 1. The fraction of sp³-hybridized carbons (Fsp3) is 0.200. The molecule has 0 unspecified atom stereocenters. The van der Waals surface area contributed by atoms with E-state index in [-0.39, 0.29) is 5.91 Å². The van der Waals surface area contributed by atoms with Crippen LogP contribution in [0.4, 0.5) is 5.82 Å². The summed E-state index contributed by atoms with van der Waals surface area (Å²) in [7, 11) is 3.09. The van der Waals surface area contributed by atoms with Gasteiger partial charge < -0.3 is 14.8 Å². The maximum absolute atomic E-state index is 12.8. The molecule has 0 aliphatic rings. The molecule has 0 saturated heterocycles. The Labute approximate surface area is 152 Å². The summed E-state index contributed by atoms with van der Waals surface area (Å²) < 4.78 is 12.2. The number of nitrogens with zero attached hydrogens (tertiary/aromatic N) is 2. The SMILES string of the molecule is COc1ccc(C(=O)Nc2cc(C)nn2-c2ccccc2C)c(OC)c1. The molecule has 3 rings (SSSR count). The number of rotatable bonds is 5. The van der Waals surface area contributed by atoms with Crippen molar-refractivity contribution in [2.75, 3.05) is 19.5 Å². The molecule has 134 valence electrons. The van der Waals surface area contributed by atoms with E-state index in [0.29, 0.717) is 22.9 Å². The van der Waals surface area contributed by atoms with Crippen molar-refractivity contribution in [3.05, 3.63) is 65.4 Å². The Kier molecular flexibility index (Phi) is 4.93. The Hall–Kier alpha value is -3.28. The van der Waals surface area contributed by atoms with Crippen LogP contribution >= 0.6 is 0 Å². The van der Waals surface area contributed by atoms with Crippen molar-refractivity contribution in [1.29, 1.82) is 0 Å². The first-order valence-electron chi connectivity index (χ1n) is 8.19. The zero-order valence-corrected chi connectivity index (χ0v) is 15.2. The van der Waals surface area contributed by atoms with Crippen molar-refractivity contribution in [2.24, 2.45) is 0 Å². The van der Waals surface area contributed by atoms with Gasteiger partial charge in [-0.3, -0.25) is 4.79 Å². The van der Waals surface area contributed by atoms with E-state index in [4.69, 9.17) is 9.47 Å². The van der Waals surface area contributed by atoms with Gasteiger partial charge in [0.15, 0.2) is 0 Å². The number of nitrogens with one attached hydrogen (secondary N) is 1. The number of benzene rings is 2. The summed E-state index contributed by atoms with van der Waals surface area (Å²) in [6.07, 6.45) is 0. The Bertz CT molecular complexity index is 947. The van der Waals surface area contributed by atoms with E-state index in [2.05, 4.69) is 10.4 Å². The molecule has 0 fully saturated rings. The minimum Gasteiger partial charge on any atom is -0.497 e. The van der Waals surface area contributed by atoms with Gasteiger partial charge in [-0.15, -0.1) is 0 Å². The molecule has 26 heavy (non-hydrogen) atoms. The van der Waals surface area contributed by atoms with Crippen molar-refractivity contribution in [3.8, 4) is 17.2 Å². The number of hydrogen-bond donors (Lipinski definition) is 1. The Morgan fingerprint density at radius 2 is 1.81 bits per heavy atom. The van der Waals surface area contributed by atoms with E-state index in [1.165, 1.54) is 7.11 Å². The fourth-order valence-electron chi connectivity index (χ4n) is 2.74. The van der Waals surface area contributed by atoms with Gasteiger partial charge in [0, 0.05) is 12.1 Å². The van der Waals surface area contributed by atoms with Crippen LogP contribution in [0.3, 0.4) is 0 Å². The number of ether oxygens (including phenoxy) is 2. The van der Waals surface area contributed by atoms with E-state index in [9.17, 15) is 4.79 Å². The average molecular weight is 351 g/mol. The molecule has 0 bridgehead atoms. The number of hydrogen-bond acceptors (Lipinski definition) is 4. The van der Waals surface area contributed by atoms with Crippen molar-refractivity contribution < 1.29 is 14.3 Å². The second kappa shape index (κ2) is 7.31. The van der Waals surface area contributed by atoms with Gasteiger partial charge in [-0.1, -0.05) is 18.2 Å². The third-order valence-corrected chi connectivity index (χ3v) is 4.07. The molecular formula is C20H21N3O3. The highest BCUT2D eigenvalue weighted by Crippen LogP contribution is 2.26. The highest BCUT2D eigenvalue weighted by atomic mass is 16.5. The van der Waals surface area contributed by atoms with Gasteiger partial charge in [-0.2, -0.15) is 5.10 Å². The monoisotopic (exact) mass is 351 g/mol. The molecule has 1 N–H and O–H groups in total. The van der Waals surface area contributed by atoms with Gasteiger partial charge in [0.25, 0.3) is 5.91 Å².